The first-order valence-electron chi connectivity index (χ1n) is 7.12. The molecule has 0 saturated heterocycles. The summed E-state index contributed by atoms with van der Waals surface area (Å²) in [6.45, 7) is 2.12. The van der Waals surface area contributed by atoms with Gasteiger partial charge in [0.15, 0.2) is 0 Å². The van der Waals surface area contributed by atoms with Crippen LogP contribution in [0.1, 0.15) is 37.3 Å². The maximum absolute atomic E-state index is 12.6. The summed E-state index contributed by atoms with van der Waals surface area (Å²) in [5.74, 6) is 0.489. The number of methoxy groups -OCH3 is 2. The van der Waals surface area contributed by atoms with Crippen LogP contribution in [0.15, 0.2) is 36.1 Å². The molecule has 1 aromatic rings. The molecule has 20 heavy (non-hydrogen) atoms. The number of hydrogen-bond acceptors (Lipinski definition) is 3. The maximum atomic E-state index is 12.6. The average Bonchev–Trinajstić information content (AvgIpc) is 2.51. The Hall–Kier alpha value is -1.77. The van der Waals surface area contributed by atoms with Crippen molar-refractivity contribution in [3.05, 3.63) is 47.2 Å². The highest BCUT2D eigenvalue weighted by Crippen LogP contribution is 2.43. The minimum absolute atomic E-state index is 0.230. The van der Waals surface area contributed by atoms with Crippen molar-refractivity contribution in [2.75, 3.05) is 14.2 Å². The van der Waals surface area contributed by atoms with Crippen LogP contribution >= 0.6 is 0 Å². The van der Waals surface area contributed by atoms with Gasteiger partial charge in [-0.2, -0.15) is 0 Å². The monoisotopic (exact) mass is 274 g/mol. The van der Waals surface area contributed by atoms with Crippen molar-refractivity contribution in [2.45, 2.75) is 38.0 Å². The molecular formula is C17H22O3. The fourth-order valence-electron chi connectivity index (χ4n) is 3.07. The minimum atomic E-state index is -0.783. The lowest BCUT2D eigenvalue weighted by Crippen LogP contribution is -2.42. The van der Waals surface area contributed by atoms with Crippen LogP contribution in [-0.2, 0) is 26.1 Å². The molecule has 2 rings (SSSR count). The van der Waals surface area contributed by atoms with E-state index in [9.17, 15) is 4.79 Å². The van der Waals surface area contributed by atoms with E-state index in [1.807, 2.05) is 24.3 Å². The molecule has 1 unspecified atom stereocenters. The van der Waals surface area contributed by atoms with Crippen LogP contribution in [0, 0.1) is 0 Å². The third-order valence-electron chi connectivity index (χ3n) is 4.06. The van der Waals surface area contributed by atoms with Crippen molar-refractivity contribution in [1.82, 2.24) is 0 Å². The number of unbranched alkanes of at least 4 members (excludes halogenated alkanes) is 1. The highest BCUT2D eigenvalue weighted by Gasteiger charge is 2.48. The number of carbonyl (C=O) groups excluding carboxylic acids is 1. The van der Waals surface area contributed by atoms with Crippen molar-refractivity contribution in [2.24, 2.45) is 0 Å². The molecule has 0 bridgehead atoms. The van der Waals surface area contributed by atoms with E-state index in [0.717, 1.165) is 30.6 Å². The van der Waals surface area contributed by atoms with Gasteiger partial charge in [-0.15, -0.1) is 0 Å². The Labute approximate surface area is 120 Å². The van der Waals surface area contributed by atoms with Gasteiger partial charge < -0.3 is 9.47 Å². The van der Waals surface area contributed by atoms with Crippen LogP contribution in [0.5, 0.6) is 0 Å². The van der Waals surface area contributed by atoms with E-state index in [1.54, 1.807) is 7.11 Å². The van der Waals surface area contributed by atoms with Gasteiger partial charge in [0.1, 0.15) is 11.2 Å². The maximum Gasteiger partial charge on any atom is 0.324 e. The van der Waals surface area contributed by atoms with E-state index in [1.165, 1.54) is 12.7 Å². The van der Waals surface area contributed by atoms with Gasteiger partial charge in [0, 0.05) is 0 Å². The lowest BCUT2D eigenvalue weighted by molar-refractivity contribution is -0.148. The summed E-state index contributed by atoms with van der Waals surface area (Å²) >= 11 is 0. The van der Waals surface area contributed by atoms with Crippen LogP contribution in [0.3, 0.4) is 0 Å². The summed E-state index contributed by atoms with van der Waals surface area (Å²) in [6, 6.07) is 8.07. The third kappa shape index (κ3) is 2.21. The van der Waals surface area contributed by atoms with Crippen LogP contribution < -0.4 is 0 Å². The molecule has 1 aliphatic rings. The van der Waals surface area contributed by atoms with Crippen LogP contribution in [0.4, 0.5) is 0 Å². The number of allylic oxidation sites excluding steroid dienone is 1. The fraction of sp³-hybridized carbons (Fsp3) is 0.471. The van der Waals surface area contributed by atoms with Gasteiger partial charge in [0.05, 0.1) is 14.2 Å². The molecule has 0 N–H and O–H groups in total. The normalized spacial score (nSPS) is 20.9. The van der Waals surface area contributed by atoms with Crippen LogP contribution in [0.2, 0.25) is 0 Å². The van der Waals surface area contributed by atoms with Gasteiger partial charge in [0.25, 0.3) is 0 Å². The van der Waals surface area contributed by atoms with E-state index in [4.69, 9.17) is 9.47 Å². The van der Waals surface area contributed by atoms with Crippen molar-refractivity contribution < 1.29 is 14.3 Å². The number of hydrogen-bond donors (Lipinski definition) is 0. The highest BCUT2D eigenvalue weighted by atomic mass is 16.5. The molecule has 0 spiro atoms. The Bertz CT molecular complexity index is 519. The molecular weight excluding hydrogens is 252 g/mol. The fourth-order valence-corrected chi connectivity index (χ4v) is 3.07. The number of ether oxygens (including phenoxy) is 2. The Morgan fingerprint density at radius 2 is 2.05 bits per heavy atom. The van der Waals surface area contributed by atoms with E-state index in [2.05, 4.69) is 13.0 Å². The largest absolute Gasteiger partial charge is 0.500 e. The Balaban J connectivity index is 2.60. The molecule has 0 aromatic heterocycles. The lowest BCUT2D eigenvalue weighted by atomic mass is 9.69. The number of esters is 1. The Kier molecular flexibility index (Phi) is 4.48. The zero-order chi connectivity index (χ0) is 14.6. The van der Waals surface area contributed by atoms with E-state index in [-0.39, 0.29) is 5.97 Å². The number of benzene rings is 1. The van der Waals surface area contributed by atoms with Crippen molar-refractivity contribution in [3.63, 3.8) is 0 Å². The zero-order valence-corrected chi connectivity index (χ0v) is 12.4. The van der Waals surface area contributed by atoms with Crippen molar-refractivity contribution in [3.8, 4) is 0 Å². The predicted molar refractivity (Wildman–Crippen MR) is 78.5 cm³/mol. The predicted octanol–water partition coefficient (Wildman–Crippen LogP) is 3.37. The molecule has 0 saturated carbocycles. The first-order valence-corrected chi connectivity index (χ1v) is 7.12. The quantitative estimate of drug-likeness (QED) is 0.772. The molecule has 0 amide bonds. The standard InChI is InChI=1S/C17H22O3/c1-4-5-12-17(16(18)20-3)14-9-7-6-8-13(14)10-11-15(17)19-2/h6-9,11H,4-5,10,12H2,1-3H3. The first kappa shape index (κ1) is 14.6. The summed E-state index contributed by atoms with van der Waals surface area (Å²) in [5.41, 5.74) is 1.42. The van der Waals surface area contributed by atoms with Crippen LogP contribution in [-0.4, -0.2) is 20.2 Å². The smallest absolute Gasteiger partial charge is 0.324 e. The lowest BCUT2D eigenvalue weighted by Gasteiger charge is -2.37. The number of rotatable bonds is 5. The second kappa shape index (κ2) is 6.12. The average molecular weight is 274 g/mol. The van der Waals surface area contributed by atoms with Gasteiger partial charge in [0.2, 0.25) is 0 Å². The van der Waals surface area contributed by atoms with Crippen LogP contribution in [0.25, 0.3) is 0 Å². The van der Waals surface area contributed by atoms with Gasteiger partial charge in [-0.3, -0.25) is 4.79 Å². The Morgan fingerprint density at radius 1 is 1.30 bits per heavy atom. The number of carbonyl (C=O) groups is 1. The van der Waals surface area contributed by atoms with Gasteiger partial charge in [-0.1, -0.05) is 44.0 Å². The first-order chi connectivity index (χ1) is 9.70. The molecule has 1 atom stereocenters. The molecule has 108 valence electrons. The summed E-state index contributed by atoms with van der Waals surface area (Å²) in [4.78, 5) is 12.6. The molecule has 0 fully saturated rings. The number of fused-ring (bicyclic) bond motifs is 1. The molecule has 0 heterocycles. The van der Waals surface area contributed by atoms with E-state index in [0.29, 0.717) is 6.42 Å². The van der Waals surface area contributed by atoms with Gasteiger partial charge in [-0.25, -0.2) is 0 Å². The molecule has 3 heteroatoms. The molecule has 1 aliphatic carbocycles. The molecule has 0 radical (unpaired) electrons. The van der Waals surface area contributed by atoms with Gasteiger partial charge in [-0.05, 0) is 30.0 Å². The second-order valence-corrected chi connectivity index (χ2v) is 5.13. The highest BCUT2D eigenvalue weighted by molar-refractivity contribution is 5.88. The summed E-state index contributed by atoms with van der Waals surface area (Å²) in [5, 5.41) is 0. The summed E-state index contributed by atoms with van der Waals surface area (Å²) in [7, 11) is 3.07. The van der Waals surface area contributed by atoms with E-state index >= 15 is 0 Å². The topological polar surface area (TPSA) is 35.5 Å². The van der Waals surface area contributed by atoms with Gasteiger partial charge >= 0.3 is 5.97 Å². The second-order valence-electron chi connectivity index (χ2n) is 5.13. The summed E-state index contributed by atoms with van der Waals surface area (Å²) < 4.78 is 10.7. The van der Waals surface area contributed by atoms with Crippen molar-refractivity contribution in [1.29, 1.82) is 0 Å². The summed E-state index contributed by atoms with van der Waals surface area (Å²) in [6.07, 6.45) is 5.49. The minimum Gasteiger partial charge on any atom is -0.500 e. The molecule has 3 nitrogen and oxygen atoms in total. The Morgan fingerprint density at radius 3 is 2.70 bits per heavy atom. The molecule has 0 aliphatic heterocycles. The van der Waals surface area contributed by atoms with E-state index < -0.39 is 5.41 Å². The molecule has 1 aromatic carbocycles. The third-order valence-corrected chi connectivity index (χ3v) is 4.06. The SMILES string of the molecule is CCCCC1(C(=O)OC)C(OC)=CCc2ccccc21. The van der Waals surface area contributed by atoms with Crippen molar-refractivity contribution >= 4 is 5.97 Å². The zero-order valence-electron chi connectivity index (χ0n) is 12.4.